The van der Waals surface area contributed by atoms with Gasteiger partial charge in [0.2, 0.25) is 0 Å². The zero-order chi connectivity index (χ0) is 19.8. The van der Waals surface area contributed by atoms with Crippen molar-refractivity contribution < 1.29 is 9.53 Å². The van der Waals surface area contributed by atoms with Gasteiger partial charge in [0.05, 0.1) is 12.6 Å². The Bertz CT molecular complexity index is 523. The van der Waals surface area contributed by atoms with E-state index in [-0.39, 0.29) is 36.1 Å². The zero-order valence-corrected chi connectivity index (χ0v) is 20.5. The molecule has 2 saturated carbocycles. The highest BCUT2D eigenvalue weighted by atomic mass is 127. The first-order valence-electron chi connectivity index (χ1n) is 11.3. The first-order chi connectivity index (χ1) is 13.7. The molecule has 0 bridgehead atoms. The van der Waals surface area contributed by atoms with E-state index < -0.39 is 0 Å². The minimum atomic E-state index is -0.320. The van der Waals surface area contributed by atoms with Gasteiger partial charge in [-0.25, -0.2) is 4.79 Å². The van der Waals surface area contributed by atoms with Crippen LogP contribution >= 0.6 is 24.0 Å². The monoisotopic (exact) mass is 521 g/mol. The fraction of sp³-hybridized carbons (Fsp3) is 0.905. The van der Waals surface area contributed by atoms with Crippen molar-refractivity contribution in [2.75, 3.05) is 33.3 Å². The summed E-state index contributed by atoms with van der Waals surface area (Å²) >= 11 is 0. The number of ether oxygens (including phenoxy) is 1. The molecule has 3 fully saturated rings. The number of alkyl carbamates (subject to hydrolysis) is 1. The third-order valence-electron chi connectivity index (χ3n) is 6.37. The van der Waals surface area contributed by atoms with E-state index >= 15 is 0 Å². The number of nitrogens with zero attached hydrogens (tertiary/aromatic N) is 2. The maximum absolute atomic E-state index is 11.8. The van der Waals surface area contributed by atoms with Crippen LogP contribution in [0, 0.1) is 5.92 Å². The van der Waals surface area contributed by atoms with Crippen LogP contribution in [0.3, 0.4) is 0 Å². The highest BCUT2D eigenvalue weighted by Gasteiger charge is 2.33. The molecule has 8 heteroatoms. The number of carbonyl (C=O) groups is 1. The molecule has 3 N–H and O–H groups in total. The van der Waals surface area contributed by atoms with Crippen molar-refractivity contribution in [1.29, 1.82) is 0 Å². The van der Waals surface area contributed by atoms with E-state index in [4.69, 9.17) is 4.74 Å². The third-order valence-corrected chi connectivity index (χ3v) is 6.37. The summed E-state index contributed by atoms with van der Waals surface area (Å²) in [6.45, 7) is 5.26. The first-order valence-corrected chi connectivity index (χ1v) is 11.3. The molecule has 0 spiro atoms. The second-order valence-electron chi connectivity index (χ2n) is 8.53. The van der Waals surface area contributed by atoms with E-state index in [0.29, 0.717) is 25.1 Å². The van der Waals surface area contributed by atoms with E-state index in [1.54, 1.807) is 0 Å². The highest BCUT2D eigenvalue weighted by molar-refractivity contribution is 14.0. The van der Waals surface area contributed by atoms with Crippen molar-refractivity contribution in [2.45, 2.75) is 82.8 Å². The molecule has 2 unspecified atom stereocenters. The van der Waals surface area contributed by atoms with Crippen molar-refractivity contribution in [3.8, 4) is 0 Å². The molecule has 1 heterocycles. The van der Waals surface area contributed by atoms with Gasteiger partial charge in [-0.05, 0) is 57.9 Å². The van der Waals surface area contributed by atoms with Gasteiger partial charge in [-0.1, -0.05) is 19.3 Å². The van der Waals surface area contributed by atoms with Crippen molar-refractivity contribution in [2.24, 2.45) is 10.9 Å². The molecule has 7 nitrogen and oxygen atoms in total. The number of rotatable bonds is 7. The Morgan fingerprint density at radius 1 is 1.14 bits per heavy atom. The summed E-state index contributed by atoms with van der Waals surface area (Å²) in [7, 11) is 1.82. The van der Waals surface area contributed by atoms with E-state index in [2.05, 4.69) is 25.8 Å². The van der Waals surface area contributed by atoms with E-state index in [9.17, 15) is 4.79 Å². The number of guanidine groups is 1. The van der Waals surface area contributed by atoms with Gasteiger partial charge in [-0.15, -0.1) is 24.0 Å². The Balaban J connectivity index is 0.00000300. The summed E-state index contributed by atoms with van der Waals surface area (Å²) in [6.07, 6.45) is 11.4. The number of carbonyl (C=O) groups excluding carboxylic acids is 1. The Morgan fingerprint density at radius 2 is 1.90 bits per heavy atom. The van der Waals surface area contributed by atoms with E-state index in [0.717, 1.165) is 18.5 Å². The molecule has 0 aromatic carbocycles. The Kier molecular flexibility index (Phi) is 10.8. The molecule has 1 saturated heterocycles. The largest absolute Gasteiger partial charge is 0.450 e. The quantitative estimate of drug-likeness (QED) is 0.273. The number of aliphatic imine (C=N–C) groups is 1. The molecule has 3 aliphatic rings. The summed E-state index contributed by atoms with van der Waals surface area (Å²) < 4.78 is 5.05. The van der Waals surface area contributed by atoms with Crippen LogP contribution < -0.4 is 16.0 Å². The molecule has 29 heavy (non-hydrogen) atoms. The standard InChI is InChI=1S/C21H39N5O2.HI/c1-3-28-21(27)25-19(16-11-12-16)14-23-20(22-2)24-17-8-7-13-26(15-17)18-9-5-4-6-10-18;/h16-19H,3-15H2,1-2H3,(H,25,27)(H2,22,23,24);1H. The first kappa shape index (κ1) is 24.5. The topological polar surface area (TPSA) is 78.0 Å². The molecule has 0 radical (unpaired) electrons. The molecule has 2 aliphatic carbocycles. The van der Waals surface area contributed by atoms with Crippen molar-refractivity contribution in [3.63, 3.8) is 0 Å². The number of nitrogens with one attached hydrogen (secondary N) is 3. The van der Waals surface area contributed by atoms with E-state index in [1.165, 1.54) is 64.3 Å². The average molecular weight is 521 g/mol. The molecule has 2 atom stereocenters. The van der Waals surface area contributed by atoms with Crippen LogP contribution in [0.25, 0.3) is 0 Å². The smallest absolute Gasteiger partial charge is 0.407 e. The number of likely N-dealkylation sites (tertiary alicyclic amines) is 1. The predicted molar refractivity (Wildman–Crippen MR) is 128 cm³/mol. The van der Waals surface area contributed by atoms with Crippen LogP contribution in [0.2, 0.25) is 0 Å². The SMILES string of the molecule is CCOC(=O)NC(CNC(=NC)NC1CCCN(C2CCCCC2)C1)C1CC1.I. The summed E-state index contributed by atoms with van der Waals surface area (Å²) in [5, 5.41) is 10.0. The van der Waals surface area contributed by atoms with Crippen molar-refractivity contribution in [1.82, 2.24) is 20.9 Å². The maximum Gasteiger partial charge on any atom is 0.407 e. The van der Waals surface area contributed by atoms with Gasteiger partial charge in [0.1, 0.15) is 0 Å². The Morgan fingerprint density at radius 3 is 2.55 bits per heavy atom. The Labute approximate surface area is 193 Å². The average Bonchev–Trinajstić information content (AvgIpc) is 3.56. The normalized spacial score (nSPS) is 24.9. The molecule has 1 amide bonds. The Hall–Kier alpha value is -0.770. The molecule has 168 valence electrons. The number of hydrogen-bond donors (Lipinski definition) is 3. The summed E-state index contributed by atoms with van der Waals surface area (Å²) in [5.74, 6) is 1.39. The molecule has 1 aliphatic heterocycles. The van der Waals surface area contributed by atoms with Gasteiger partial charge in [-0.2, -0.15) is 0 Å². The molecule has 0 aromatic heterocycles. The van der Waals surface area contributed by atoms with Gasteiger partial charge >= 0.3 is 6.09 Å². The molecule has 0 aromatic rings. The minimum Gasteiger partial charge on any atom is -0.450 e. The number of hydrogen-bond acceptors (Lipinski definition) is 4. The minimum absolute atomic E-state index is 0. The van der Waals surface area contributed by atoms with Gasteiger partial charge in [0, 0.05) is 32.2 Å². The fourth-order valence-corrected chi connectivity index (χ4v) is 4.65. The second-order valence-corrected chi connectivity index (χ2v) is 8.53. The van der Waals surface area contributed by atoms with Crippen LogP contribution in [0.15, 0.2) is 4.99 Å². The third kappa shape index (κ3) is 8.11. The lowest BCUT2D eigenvalue weighted by atomic mass is 9.92. The second kappa shape index (κ2) is 12.8. The van der Waals surface area contributed by atoms with Crippen molar-refractivity contribution in [3.05, 3.63) is 0 Å². The lowest BCUT2D eigenvalue weighted by Gasteiger charge is -2.40. The van der Waals surface area contributed by atoms with Crippen molar-refractivity contribution >= 4 is 36.0 Å². The van der Waals surface area contributed by atoms with Crippen LogP contribution in [-0.2, 0) is 4.74 Å². The molecule has 3 rings (SSSR count). The van der Waals surface area contributed by atoms with Gasteiger partial charge in [0.25, 0.3) is 0 Å². The van der Waals surface area contributed by atoms with E-state index in [1.807, 2.05) is 14.0 Å². The fourth-order valence-electron chi connectivity index (χ4n) is 4.65. The number of piperidine rings is 1. The molecular weight excluding hydrogens is 481 g/mol. The van der Waals surface area contributed by atoms with Gasteiger partial charge < -0.3 is 20.7 Å². The molecular formula is C21H40IN5O2. The maximum atomic E-state index is 11.8. The zero-order valence-electron chi connectivity index (χ0n) is 18.1. The van der Waals surface area contributed by atoms with Crippen LogP contribution in [0.5, 0.6) is 0 Å². The number of amides is 1. The van der Waals surface area contributed by atoms with Crippen LogP contribution in [0.4, 0.5) is 4.79 Å². The predicted octanol–water partition coefficient (Wildman–Crippen LogP) is 3.09. The number of halogens is 1. The van der Waals surface area contributed by atoms with Gasteiger partial charge in [0.15, 0.2) is 5.96 Å². The van der Waals surface area contributed by atoms with Crippen LogP contribution in [-0.4, -0.2) is 68.4 Å². The summed E-state index contributed by atoms with van der Waals surface area (Å²) in [6, 6.07) is 1.32. The van der Waals surface area contributed by atoms with Gasteiger partial charge in [-0.3, -0.25) is 9.89 Å². The lowest BCUT2D eigenvalue weighted by Crippen LogP contribution is -2.55. The van der Waals surface area contributed by atoms with Crippen LogP contribution in [0.1, 0.15) is 64.7 Å². The summed E-state index contributed by atoms with van der Waals surface area (Å²) in [5.41, 5.74) is 0. The summed E-state index contributed by atoms with van der Waals surface area (Å²) in [4.78, 5) is 18.9. The lowest BCUT2D eigenvalue weighted by molar-refractivity contribution is 0.115. The highest BCUT2D eigenvalue weighted by Crippen LogP contribution is 2.32.